The van der Waals surface area contributed by atoms with Crippen LogP contribution >= 0.6 is 0 Å². The smallest absolute Gasteiger partial charge is 0.256 e. The number of aryl methyl sites for hydroxylation is 2. The third-order valence-electron chi connectivity index (χ3n) is 5.53. The normalized spacial score (nSPS) is 22.1. The van der Waals surface area contributed by atoms with Crippen LogP contribution in [0.4, 0.5) is 5.69 Å². The Hall–Kier alpha value is -2.38. The molecular formula is C21H29N5O2. The largest absolute Gasteiger partial charge is 0.384 e. The van der Waals surface area contributed by atoms with Crippen molar-refractivity contribution < 1.29 is 9.53 Å². The monoisotopic (exact) mass is 383 g/mol. The van der Waals surface area contributed by atoms with Crippen LogP contribution in [0.2, 0.25) is 0 Å². The molecule has 0 bridgehead atoms. The molecule has 0 saturated carbocycles. The summed E-state index contributed by atoms with van der Waals surface area (Å²) in [5.41, 5.74) is 4.00. The maximum absolute atomic E-state index is 13.7. The number of anilines is 1. The van der Waals surface area contributed by atoms with Crippen molar-refractivity contribution in [1.29, 1.82) is 0 Å². The van der Waals surface area contributed by atoms with E-state index < -0.39 is 0 Å². The van der Waals surface area contributed by atoms with Gasteiger partial charge in [0.1, 0.15) is 0 Å². The first kappa shape index (κ1) is 19.0. The summed E-state index contributed by atoms with van der Waals surface area (Å²) in [5, 5.41) is 7.79. The number of hydrogen-bond acceptors (Lipinski definition) is 5. The fraction of sp³-hybridized carbons (Fsp3) is 0.524. The van der Waals surface area contributed by atoms with Gasteiger partial charge in [-0.15, -0.1) is 0 Å². The second kappa shape index (κ2) is 7.93. The maximum Gasteiger partial charge on any atom is 0.256 e. The zero-order valence-electron chi connectivity index (χ0n) is 16.9. The quantitative estimate of drug-likeness (QED) is 0.874. The number of morpholine rings is 1. The van der Waals surface area contributed by atoms with Gasteiger partial charge in [-0.05, 0) is 38.6 Å². The predicted octanol–water partition coefficient (Wildman–Crippen LogP) is 1.92. The summed E-state index contributed by atoms with van der Waals surface area (Å²) in [6.45, 7) is 2.78. The maximum atomic E-state index is 13.7. The van der Waals surface area contributed by atoms with Crippen LogP contribution in [0.5, 0.6) is 0 Å². The summed E-state index contributed by atoms with van der Waals surface area (Å²) < 4.78 is 7.89. The molecule has 0 radical (unpaired) electrons. The van der Waals surface area contributed by atoms with Crippen molar-refractivity contribution in [2.75, 3.05) is 45.7 Å². The topological polar surface area (TPSA) is 62.6 Å². The lowest BCUT2D eigenvalue weighted by Gasteiger charge is -2.42. The third-order valence-corrected chi connectivity index (χ3v) is 5.53. The summed E-state index contributed by atoms with van der Waals surface area (Å²) >= 11 is 0. The predicted molar refractivity (Wildman–Crippen MR) is 109 cm³/mol. The molecule has 0 unspecified atom stereocenters. The van der Waals surface area contributed by atoms with Crippen molar-refractivity contribution in [3.05, 3.63) is 47.3 Å². The van der Waals surface area contributed by atoms with E-state index in [1.165, 1.54) is 5.56 Å². The second-order valence-electron chi connectivity index (χ2n) is 7.93. The molecule has 7 nitrogen and oxygen atoms in total. The standard InChI is InChI=1S/C21H29N5O2/c1-24(2)14-18-20(16-12-23-25(3)13-16)26(10-11-28-18)21(27)17-8-4-6-15-7-5-9-22-19(15)17/h4,6,8,12-13,18,20,22H,5,7,9-11,14H2,1-3H3/t18-,20-/m0/s1. The number of carbonyl (C=O) groups is 1. The molecule has 2 aliphatic rings. The van der Waals surface area contributed by atoms with Crippen molar-refractivity contribution in [1.82, 2.24) is 19.6 Å². The van der Waals surface area contributed by atoms with E-state index in [-0.39, 0.29) is 18.1 Å². The van der Waals surface area contributed by atoms with Gasteiger partial charge in [0, 0.05) is 38.4 Å². The molecule has 28 heavy (non-hydrogen) atoms. The van der Waals surface area contributed by atoms with Gasteiger partial charge >= 0.3 is 0 Å². The molecule has 2 atom stereocenters. The van der Waals surface area contributed by atoms with Crippen LogP contribution in [0.3, 0.4) is 0 Å². The van der Waals surface area contributed by atoms with Crippen molar-refractivity contribution >= 4 is 11.6 Å². The van der Waals surface area contributed by atoms with Crippen LogP contribution in [0.1, 0.15) is 33.9 Å². The number of nitrogens with one attached hydrogen (secondary N) is 1. The van der Waals surface area contributed by atoms with Crippen molar-refractivity contribution in [3.63, 3.8) is 0 Å². The summed E-state index contributed by atoms with van der Waals surface area (Å²) in [4.78, 5) is 17.8. The Morgan fingerprint density at radius 2 is 2.25 bits per heavy atom. The molecule has 2 aliphatic heterocycles. The average molecular weight is 383 g/mol. The fourth-order valence-electron chi connectivity index (χ4n) is 4.30. The Morgan fingerprint density at radius 1 is 1.39 bits per heavy atom. The molecule has 4 rings (SSSR count). The molecule has 150 valence electrons. The lowest BCUT2D eigenvalue weighted by atomic mass is 9.96. The molecule has 1 aromatic carbocycles. The first-order valence-corrected chi connectivity index (χ1v) is 9.96. The number of fused-ring (bicyclic) bond motifs is 1. The van der Waals surface area contributed by atoms with Crippen LogP contribution < -0.4 is 5.32 Å². The van der Waals surface area contributed by atoms with Crippen molar-refractivity contribution in [2.45, 2.75) is 25.0 Å². The molecule has 1 N–H and O–H groups in total. The second-order valence-corrected chi connectivity index (χ2v) is 7.93. The number of hydrogen-bond donors (Lipinski definition) is 1. The number of carbonyl (C=O) groups excluding carboxylic acids is 1. The fourth-order valence-corrected chi connectivity index (χ4v) is 4.30. The number of benzene rings is 1. The molecule has 1 amide bonds. The first-order valence-electron chi connectivity index (χ1n) is 9.96. The van der Waals surface area contributed by atoms with Crippen LogP contribution in [0.15, 0.2) is 30.6 Å². The molecule has 2 aromatic rings. The summed E-state index contributed by atoms with van der Waals surface area (Å²) in [6, 6.07) is 5.90. The molecule has 0 aliphatic carbocycles. The van der Waals surface area contributed by atoms with Crippen molar-refractivity contribution in [2.24, 2.45) is 7.05 Å². The van der Waals surface area contributed by atoms with Gasteiger partial charge in [-0.3, -0.25) is 9.48 Å². The number of para-hydroxylation sites is 1. The number of amides is 1. The molecule has 3 heterocycles. The van der Waals surface area contributed by atoms with E-state index in [9.17, 15) is 4.79 Å². The third kappa shape index (κ3) is 3.64. The van der Waals surface area contributed by atoms with E-state index in [0.717, 1.165) is 42.7 Å². The van der Waals surface area contributed by atoms with Gasteiger partial charge in [-0.1, -0.05) is 12.1 Å². The summed E-state index contributed by atoms with van der Waals surface area (Å²) in [5.74, 6) is 0.0622. The van der Waals surface area contributed by atoms with E-state index in [1.54, 1.807) is 4.68 Å². The Labute approximate surface area is 166 Å². The number of rotatable bonds is 4. The van der Waals surface area contributed by atoms with Gasteiger partial charge in [-0.2, -0.15) is 5.10 Å². The minimum Gasteiger partial charge on any atom is -0.384 e. The molecule has 7 heteroatoms. The molecule has 1 fully saturated rings. The number of likely N-dealkylation sites (N-methyl/N-ethyl adjacent to an activating group) is 1. The van der Waals surface area contributed by atoms with Crippen LogP contribution in [0, 0.1) is 0 Å². The average Bonchev–Trinajstić information content (AvgIpc) is 3.12. The Bertz CT molecular complexity index is 847. The summed E-state index contributed by atoms with van der Waals surface area (Å²) in [6.07, 6.45) is 5.86. The van der Waals surface area contributed by atoms with Crippen LogP contribution in [-0.2, 0) is 18.2 Å². The van der Waals surface area contributed by atoms with E-state index in [0.29, 0.717) is 13.2 Å². The lowest BCUT2D eigenvalue weighted by molar-refractivity contribution is -0.0684. The van der Waals surface area contributed by atoms with Gasteiger partial charge < -0.3 is 19.9 Å². The Morgan fingerprint density at radius 3 is 3.00 bits per heavy atom. The highest BCUT2D eigenvalue weighted by molar-refractivity contribution is 6.00. The number of ether oxygens (including phenoxy) is 1. The molecule has 1 saturated heterocycles. The summed E-state index contributed by atoms with van der Waals surface area (Å²) in [7, 11) is 5.96. The SMILES string of the molecule is CN(C)C[C@@H]1OCCN(C(=O)c2cccc3c2NCCC3)[C@H]1c1cnn(C)c1. The van der Waals surface area contributed by atoms with E-state index >= 15 is 0 Å². The van der Waals surface area contributed by atoms with Crippen LogP contribution in [0.25, 0.3) is 0 Å². The highest BCUT2D eigenvalue weighted by atomic mass is 16.5. The van der Waals surface area contributed by atoms with Crippen LogP contribution in [-0.4, -0.2) is 71.9 Å². The van der Waals surface area contributed by atoms with Gasteiger partial charge in [-0.25, -0.2) is 0 Å². The zero-order valence-corrected chi connectivity index (χ0v) is 16.9. The van der Waals surface area contributed by atoms with Crippen molar-refractivity contribution in [3.8, 4) is 0 Å². The number of aromatic nitrogens is 2. The minimum absolute atomic E-state index is 0.0622. The van der Waals surface area contributed by atoms with Gasteiger partial charge in [0.25, 0.3) is 5.91 Å². The molecule has 1 aromatic heterocycles. The van der Waals surface area contributed by atoms with Gasteiger partial charge in [0.05, 0.1) is 36.2 Å². The highest BCUT2D eigenvalue weighted by Crippen LogP contribution is 2.34. The van der Waals surface area contributed by atoms with E-state index in [2.05, 4.69) is 21.4 Å². The number of nitrogens with zero attached hydrogens (tertiary/aromatic N) is 4. The van der Waals surface area contributed by atoms with E-state index in [1.807, 2.05) is 50.6 Å². The van der Waals surface area contributed by atoms with Gasteiger partial charge in [0.15, 0.2) is 0 Å². The zero-order chi connectivity index (χ0) is 19.7. The molecule has 0 spiro atoms. The van der Waals surface area contributed by atoms with Gasteiger partial charge in [0.2, 0.25) is 0 Å². The van der Waals surface area contributed by atoms with E-state index in [4.69, 9.17) is 4.74 Å². The highest BCUT2D eigenvalue weighted by Gasteiger charge is 2.38. The first-order chi connectivity index (χ1) is 13.5. The minimum atomic E-state index is -0.156. The lowest BCUT2D eigenvalue weighted by Crippen LogP contribution is -2.51. The molecular weight excluding hydrogens is 354 g/mol. The Kier molecular flexibility index (Phi) is 5.37. The Balaban J connectivity index is 1.70.